The molecule has 5 aromatic carbocycles. The number of ether oxygens (including phenoxy) is 3. The fourth-order valence-corrected chi connectivity index (χ4v) is 9.37. The van der Waals surface area contributed by atoms with E-state index in [4.69, 9.17) is 19.9 Å². The molecule has 0 bridgehead atoms. The molecule has 448 valence electrons. The first-order valence-electron chi connectivity index (χ1n) is 28.6. The predicted octanol–water partition coefficient (Wildman–Crippen LogP) is 7.12. The van der Waals surface area contributed by atoms with E-state index in [-0.39, 0.29) is 75.3 Å². The lowest BCUT2D eigenvalue weighted by atomic mass is 9.90. The molecule has 0 aliphatic heterocycles. The largest absolute Gasteiger partial charge is 0.508 e. The molecule has 8 amide bonds. The van der Waals surface area contributed by atoms with Gasteiger partial charge in [-0.1, -0.05) is 110 Å². The van der Waals surface area contributed by atoms with Crippen LogP contribution in [0, 0.1) is 0 Å². The van der Waals surface area contributed by atoms with E-state index in [1.807, 2.05) is 60.7 Å². The third-order valence-electron chi connectivity index (χ3n) is 13.5. The molecule has 1 aliphatic rings. The van der Waals surface area contributed by atoms with Gasteiger partial charge in [-0.3, -0.25) is 19.2 Å². The first-order valence-corrected chi connectivity index (χ1v) is 28.6. The highest BCUT2D eigenvalue weighted by Gasteiger charge is 2.31. The summed E-state index contributed by atoms with van der Waals surface area (Å²) in [5.74, 6) is -1.88. The van der Waals surface area contributed by atoms with Gasteiger partial charge >= 0.3 is 18.2 Å². The topological polar surface area (TPSA) is 302 Å². The maximum atomic E-state index is 14.5. The Morgan fingerprint density at radius 1 is 0.595 bits per heavy atom. The maximum absolute atomic E-state index is 14.5. The molecule has 0 saturated carbocycles. The molecule has 1 aliphatic carbocycles. The third-order valence-corrected chi connectivity index (χ3v) is 13.5. The summed E-state index contributed by atoms with van der Waals surface area (Å²) in [6.07, 6.45) is 2.01. The molecule has 0 radical (unpaired) electrons. The number of rotatable bonds is 30. The van der Waals surface area contributed by atoms with E-state index in [0.717, 1.165) is 27.8 Å². The number of alkyl carbamates (subject to hydrolysis) is 2. The van der Waals surface area contributed by atoms with E-state index in [1.165, 1.54) is 12.1 Å². The number of amides is 8. The van der Waals surface area contributed by atoms with E-state index in [0.29, 0.717) is 74.9 Å². The van der Waals surface area contributed by atoms with Gasteiger partial charge in [0.1, 0.15) is 35.8 Å². The summed E-state index contributed by atoms with van der Waals surface area (Å²) in [5, 5.41) is 32.1. The molecular formula is C63H80N10O11. The number of hydrogen-bond donors (Lipinski definition) is 10. The number of benzene rings is 5. The Hall–Kier alpha value is -9.14. The quantitative estimate of drug-likeness (QED) is 0.0125. The van der Waals surface area contributed by atoms with Crippen LogP contribution in [0.25, 0.3) is 11.1 Å². The van der Waals surface area contributed by atoms with Crippen molar-refractivity contribution in [3.63, 3.8) is 0 Å². The van der Waals surface area contributed by atoms with Gasteiger partial charge in [0.25, 0.3) is 0 Å². The molecule has 3 atom stereocenters. The number of urea groups is 1. The number of phenolic OH excluding ortho intramolecular Hbond substituents is 1. The number of nitrogens with one attached hydrogen (secondary N) is 8. The van der Waals surface area contributed by atoms with Gasteiger partial charge in [-0.2, -0.15) is 4.99 Å². The van der Waals surface area contributed by atoms with E-state index < -0.39 is 53.6 Å². The van der Waals surface area contributed by atoms with Gasteiger partial charge in [-0.15, -0.1) is 0 Å². The second-order valence-corrected chi connectivity index (χ2v) is 21.2. The van der Waals surface area contributed by atoms with Gasteiger partial charge < -0.3 is 67.6 Å². The molecule has 0 saturated heterocycles. The number of unbranched alkanes of at least 4 members (excludes halogenated alkanes) is 2. The lowest BCUT2D eigenvalue weighted by molar-refractivity contribution is -0.129. The molecule has 11 N–H and O–H groups in total. The zero-order chi connectivity index (χ0) is 60.3. The number of fused-ring (bicyclic) bond motifs is 3. The van der Waals surface area contributed by atoms with Crippen molar-refractivity contribution >= 4 is 47.8 Å². The van der Waals surface area contributed by atoms with Crippen LogP contribution in [0.2, 0.25) is 0 Å². The molecule has 6 rings (SSSR count). The number of hydrogen-bond acceptors (Lipinski definition) is 11. The van der Waals surface area contributed by atoms with Crippen molar-refractivity contribution in [2.75, 3.05) is 45.9 Å². The molecule has 0 fully saturated rings. The van der Waals surface area contributed by atoms with Crippen molar-refractivity contribution in [1.29, 1.82) is 0 Å². The number of aromatic hydroxyl groups is 1. The van der Waals surface area contributed by atoms with Crippen molar-refractivity contribution in [2.45, 2.75) is 115 Å². The molecule has 21 nitrogen and oxygen atoms in total. The van der Waals surface area contributed by atoms with Gasteiger partial charge in [0.05, 0.1) is 12.5 Å². The number of carbonyl (C=O) groups excluding carboxylic acids is 7. The summed E-state index contributed by atoms with van der Waals surface area (Å²) < 4.78 is 17.3. The Morgan fingerprint density at radius 3 is 1.90 bits per heavy atom. The first kappa shape index (κ1) is 64.0. The number of guanidine groups is 1. The Kier molecular flexibility index (Phi) is 25.2. The monoisotopic (exact) mass is 1150 g/mol. The third kappa shape index (κ3) is 21.3. The summed E-state index contributed by atoms with van der Waals surface area (Å²) in [6, 6.07) is 36.4. The summed E-state index contributed by atoms with van der Waals surface area (Å²) in [5.41, 5.74) is 11.7. The van der Waals surface area contributed by atoms with Crippen LogP contribution >= 0.6 is 0 Å². The average Bonchev–Trinajstić information content (AvgIpc) is 2.28. The normalized spacial score (nSPS) is 12.9. The zero-order valence-electron chi connectivity index (χ0n) is 48.3. The number of carbonyl (C=O) groups is 7. The van der Waals surface area contributed by atoms with E-state index in [1.54, 1.807) is 58.0 Å². The van der Waals surface area contributed by atoms with Crippen LogP contribution in [0.4, 0.5) is 14.4 Å². The molecule has 84 heavy (non-hydrogen) atoms. The van der Waals surface area contributed by atoms with Crippen molar-refractivity contribution < 1.29 is 52.9 Å². The van der Waals surface area contributed by atoms with Crippen LogP contribution < -0.4 is 53.0 Å². The van der Waals surface area contributed by atoms with E-state index in [2.05, 4.69) is 71.8 Å². The van der Waals surface area contributed by atoms with Crippen LogP contribution in [0.15, 0.2) is 132 Å². The number of nitrogens with two attached hydrogens (primary N) is 1. The van der Waals surface area contributed by atoms with Gasteiger partial charge in [-0.05, 0) is 129 Å². The van der Waals surface area contributed by atoms with E-state index in [9.17, 15) is 38.7 Å². The van der Waals surface area contributed by atoms with Gasteiger partial charge in [0.15, 0.2) is 5.96 Å². The number of phenols is 1. The minimum Gasteiger partial charge on any atom is -0.508 e. The molecule has 0 heterocycles. The summed E-state index contributed by atoms with van der Waals surface area (Å²) in [4.78, 5) is 95.0. The van der Waals surface area contributed by atoms with Crippen molar-refractivity contribution in [3.8, 4) is 22.6 Å². The van der Waals surface area contributed by atoms with Crippen LogP contribution in [0.1, 0.15) is 119 Å². The first-order chi connectivity index (χ1) is 40.5. The Balaban J connectivity index is 0.984. The zero-order valence-corrected chi connectivity index (χ0v) is 48.3. The second-order valence-electron chi connectivity index (χ2n) is 21.2. The number of aliphatic imine (C=N–C) groups is 1. The standard InChI is InChI=1S/C63H80N10O11/c1-5-54(75)65-36-37-68-60(79)73-59(64)67-35-18-28-52(57(77)70-40-42-29-31-45(74)32-30-42)71-58(78)55(43-19-7-6-8-20-43)44-21-17-22-46(39-44)82-38-16-15-33-66-56(76)53(72-62(81)84-63(2,3)4)27-13-14-34-69-61(80)83-41-51-49-25-11-9-23-47(49)48-24-10-12-26-50(48)51/h6-12,17,19-26,29-32,39,51-53,55,74H,5,13-16,18,27-28,33-38,40-41H2,1-4H3,(H,65,75)(H,66,76)(H,69,80)(H,70,77)(H,71,78)(H,72,81)(H4,64,67,68,73,79)/t52-,53-,55?/m1/s1. The van der Waals surface area contributed by atoms with Gasteiger partial charge in [-0.25, -0.2) is 14.4 Å². The minimum absolute atomic E-state index is 0.0614. The molecule has 5 aromatic rings. The van der Waals surface area contributed by atoms with Crippen LogP contribution in [-0.2, 0) is 35.2 Å². The lowest BCUT2D eigenvalue weighted by Gasteiger charge is -2.24. The van der Waals surface area contributed by atoms with Crippen molar-refractivity contribution in [3.05, 3.63) is 155 Å². The molecule has 0 spiro atoms. The molecule has 0 aromatic heterocycles. The fraction of sp³-hybridized carbons (Fsp3) is 0.397. The smallest absolute Gasteiger partial charge is 0.408 e. The van der Waals surface area contributed by atoms with E-state index >= 15 is 0 Å². The number of nitrogens with zero attached hydrogens (tertiary/aromatic N) is 1. The Bertz CT molecular complexity index is 2960. The molecule has 21 heteroatoms. The Morgan fingerprint density at radius 2 is 1.20 bits per heavy atom. The van der Waals surface area contributed by atoms with Crippen LogP contribution in [0.3, 0.4) is 0 Å². The minimum atomic E-state index is -1.00. The highest BCUT2D eigenvalue weighted by Crippen LogP contribution is 2.44. The Labute approximate surface area is 491 Å². The lowest BCUT2D eigenvalue weighted by Crippen LogP contribution is -2.48. The summed E-state index contributed by atoms with van der Waals surface area (Å²) in [6.45, 7) is 8.77. The van der Waals surface area contributed by atoms with Gasteiger partial charge in [0.2, 0.25) is 23.6 Å². The highest BCUT2D eigenvalue weighted by atomic mass is 16.6. The summed E-state index contributed by atoms with van der Waals surface area (Å²) >= 11 is 0. The highest BCUT2D eigenvalue weighted by molar-refractivity contribution is 5.93. The predicted molar refractivity (Wildman–Crippen MR) is 320 cm³/mol. The van der Waals surface area contributed by atoms with Crippen molar-refractivity contribution in [2.24, 2.45) is 10.7 Å². The average molecular weight is 1150 g/mol. The molecular weight excluding hydrogens is 1070 g/mol. The van der Waals surface area contributed by atoms with Crippen LogP contribution in [-0.4, -0.2) is 117 Å². The summed E-state index contributed by atoms with van der Waals surface area (Å²) in [7, 11) is 0. The maximum Gasteiger partial charge on any atom is 0.408 e. The van der Waals surface area contributed by atoms with Gasteiger partial charge in [0, 0.05) is 51.6 Å². The fourth-order valence-electron chi connectivity index (χ4n) is 9.37. The second kappa shape index (κ2) is 33.1. The van der Waals surface area contributed by atoms with Crippen molar-refractivity contribution in [1.82, 2.24) is 42.5 Å². The van der Waals surface area contributed by atoms with Crippen LogP contribution in [0.5, 0.6) is 11.5 Å². The molecule has 1 unspecified atom stereocenters. The SMILES string of the molecule is CCC(=O)NCCNC(=O)/N=C(/N)NCCC[C@@H](NC(=O)C(c1ccccc1)c1cccc(OCCCCNC(=O)[C@@H](CCCCNC(=O)OCC2c3ccccc3-c3ccccc32)NC(=O)OC(C)(C)C)c1)C(=O)NCc1ccc(O)cc1.